The first kappa shape index (κ1) is 9.48. The van der Waals surface area contributed by atoms with Crippen LogP contribution < -0.4 is 5.32 Å². The molecule has 68 valence electrons. The van der Waals surface area contributed by atoms with E-state index >= 15 is 0 Å². The van der Waals surface area contributed by atoms with E-state index in [1.165, 1.54) is 12.8 Å². The third kappa shape index (κ3) is 1.95. The summed E-state index contributed by atoms with van der Waals surface area (Å²) in [6, 6.07) is 0.520. The minimum atomic E-state index is 0. The fourth-order valence-electron chi connectivity index (χ4n) is 1.47. The molecule has 12 heavy (non-hydrogen) atoms. The molecular formula is C7H13ClN4. The van der Waals surface area contributed by atoms with E-state index in [4.69, 9.17) is 0 Å². The van der Waals surface area contributed by atoms with Gasteiger partial charge in [0.15, 0.2) is 0 Å². The quantitative estimate of drug-likeness (QED) is 0.703. The molecule has 4 nitrogen and oxygen atoms in total. The van der Waals surface area contributed by atoms with Crippen molar-refractivity contribution in [2.24, 2.45) is 0 Å². The number of piperidine rings is 1. The molecule has 0 spiro atoms. The maximum atomic E-state index is 3.97. The Labute approximate surface area is 77.7 Å². The molecule has 1 aromatic rings. The van der Waals surface area contributed by atoms with Crippen molar-refractivity contribution >= 4 is 12.4 Å². The smallest absolute Gasteiger partial charge is 0.0693 e. The Morgan fingerprint density at radius 2 is 2.42 bits per heavy atom. The highest BCUT2D eigenvalue weighted by molar-refractivity contribution is 5.85. The number of rotatable bonds is 1. The molecule has 1 aromatic heterocycles. The molecule has 1 fully saturated rings. The summed E-state index contributed by atoms with van der Waals surface area (Å²) in [4.78, 5) is 0. The van der Waals surface area contributed by atoms with Gasteiger partial charge in [0.05, 0.1) is 12.2 Å². The molecule has 2 rings (SSSR count). The zero-order valence-corrected chi connectivity index (χ0v) is 7.63. The van der Waals surface area contributed by atoms with Crippen LogP contribution in [0, 0.1) is 0 Å². The molecule has 5 heteroatoms. The largest absolute Gasteiger partial charge is 0.315 e. The Balaban J connectivity index is 0.000000720. The second kappa shape index (κ2) is 4.42. The lowest BCUT2D eigenvalue weighted by molar-refractivity contribution is 0.341. The Morgan fingerprint density at radius 3 is 3.00 bits per heavy atom. The molecule has 0 saturated carbocycles. The summed E-state index contributed by atoms with van der Waals surface area (Å²) in [6.07, 6.45) is 6.12. The maximum Gasteiger partial charge on any atom is 0.0693 e. The van der Waals surface area contributed by atoms with Gasteiger partial charge in [0.1, 0.15) is 0 Å². The van der Waals surface area contributed by atoms with Gasteiger partial charge in [-0.3, -0.25) is 0 Å². The predicted octanol–water partition coefficient (Wildman–Crippen LogP) is 0.624. The topological polar surface area (TPSA) is 42.7 Å². The number of hydrogen-bond donors (Lipinski definition) is 1. The minimum absolute atomic E-state index is 0. The fourth-order valence-corrected chi connectivity index (χ4v) is 1.47. The third-order valence-electron chi connectivity index (χ3n) is 2.09. The number of hydrogen-bond acceptors (Lipinski definition) is 3. The van der Waals surface area contributed by atoms with Crippen LogP contribution in [0.25, 0.3) is 0 Å². The van der Waals surface area contributed by atoms with Crippen LogP contribution in [0.3, 0.4) is 0 Å². The third-order valence-corrected chi connectivity index (χ3v) is 2.09. The highest BCUT2D eigenvalue weighted by Gasteiger charge is 2.14. The van der Waals surface area contributed by atoms with Crippen LogP contribution in [0.2, 0.25) is 0 Å². The van der Waals surface area contributed by atoms with Crippen LogP contribution in [0.1, 0.15) is 18.9 Å². The lowest BCUT2D eigenvalue weighted by Gasteiger charge is -2.22. The minimum Gasteiger partial charge on any atom is -0.315 e. The van der Waals surface area contributed by atoms with Gasteiger partial charge in [0.2, 0.25) is 0 Å². The van der Waals surface area contributed by atoms with E-state index in [9.17, 15) is 0 Å². The molecule has 2 heterocycles. The molecule has 0 radical (unpaired) electrons. The molecule has 0 amide bonds. The molecule has 1 atom stereocenters. The second-order valence-electron chi connectivity index (χ2n) is 2.88. The highest BCUT2D eigenvalue weighted by atomic mass is 35.5. The van der Waals surface area contributed by atoms with E-state index in [1.54, 1.807) is 6.20 Å². The van der Waals surface area contributed by atoms with Crippen molar-refractivity contribution in [2.75, 3.05) is 13.1 Å². The molecule has 1 aliphatic heterocycles. The van der Waals surface area contributed by atoms with Crippen molar-refractivity contribution in [2.45, 2.75) is 18.9 Å². The fraction of sp³-hybridized carbons (Fsp3) is 0.714. The van der Waals surface area contributed by atoms with Crippen LogP contribution in [0.4, 0.5) is 0 Å². The summed E-state index contributed by atoms with van der Waals surface area (Å²) in [7, 11) is 0. The van der Waals surface area contributed by atoms with E-state index in [0.29, 0.717) is 6.04 Å². The molecule has 0 bridgehead atoms. The summed E-state index contributed by atoms with van der Waals surface area (Å²) in [5.74, 6) is 0. The second-order valence-corrected chi connectivity index (χ2v) is 2.88. The first-order chi connectivity index (χ1) is 5.47. The molecule has 1 aliphatic rings. The standard InChI is InChI=1S/C7H12N4.ClH/c1-2-7(6-8-3-1)11-5-4-9-10-11;/h4-5,7-8H,1-3,6H2;1H. The van der Waals surface area contributed by atoms with E-state index in [2.05, 4.69) is 15.6 Å². The van der Waals surface area contributed by atoms with Gasteiger partial charge in [-0.2, -0.15) is 0 Å². The molecule has 1 unspecified atom stereocenters. The van der Waals surface area contributed by atoms with Crippen LogP contribution in [0.5, 0.6) is 0 Å². The van der Waals surface area contributed by atoms with Crippen molar-refractivity contribution in [1.82, 2.24) is 20.3 Å². The van der Waals surface area contributed by atoms with E-state index in [-0.39, 0.29) is 12.4 Å². The van der Waals surface area contributed by atoms with E-state index < -0.39 is 0 Å². The van der Waals surface area contributed by atoms with Gasteiger partial charge in [0.25, 0.3) is 0 Å². The van der Waals surface area contributed by atoms with Crippen molar-refractivity contribution in [1.29, 1.82) is 0 Å². The maximum absolute atomic E-state index is 3.97. The summed E-state index contributed by atoms with van der Waals surface area (Å²) < 4.78 is 1.94. The van der Waals surface area contributed by atoms with E-state index in [0.717, 1.165) is 13.1 Å². The van der Waals surface area contributed by atoms with Gasteiger partial charge < -0.3 is 5.32 Å². The summed E-state index contributed by atoms with van der Waals surface area (Å²) in [5, 5.41) is 11.1. The van der Waals surface area contributed by atoms with Gasteiger partial charge in [-0.15, -0.1) is 17.5 Å². The van der Waals surface area contributed by atoms with Gasteiger partial charge in [-0.25, -0.2) is 4.68 Å². The molecule has 1 saturated heterocycles. The zero-order chi connectivity index (χ0) is 7.52. The average Bonchev–Trinajstić information content (AvgIpc) is 2.58. The monoisotopic (exact) mass is 188 g/mol. The van der Waals surface area contributed by atoms with Crippen LogP contribution in [0.15, 0.2) is 12.4 Å². The zero-order valence-electron chi connectivity index (χ0n) is 6.81. The Kier molecular flexibility index (Phi) is 3.49. The number of halogens is 1. The SMILES string of the molecule is Cl.c1cn(C2CCCNC2)nn1. The van der Waals surface area contributed by atoms with Crippen molar-refractivity contribution in [3.05, 3.63) is 12.4 Å². The Morgan fingerprint density at radius 1 is 1.50 bits per heavy atom. The lowest BCUT2D eigenvalue weighted by atomic mass is 10.1. The first-order valence-electron chi connectivity index (χ1n) is 4.03. The van der Waals surface area contributed by atoms with Gasteiger partial charge in [-0.1, -0.05) is 5.21 Å². The van der Waals surface area contributed by atoms with Gasteiger partial charge >= 0.3 is 0 Å². The Hall–Kier alpha value is -0.610. The van der Waals surface area contributed by atoms with E-state index in [1.807, 2.05) is 10.9 Å². The molecule has 0 aliphatic carbocycles. The summed E-state index contributed by atoms with van der Waals surface area (Å²) >= 11 is 0. The van der Waals surface area contributed by atoms with Crippen molar-refractivity contribution in [3.63, 3.8) is 0 Å². The first-order valence-corrected chi connectivity index (χ1v) is 4.03. The van der Waals surface area contributed by atoms with Crippen LogP contribution in [-0.4, -0.2) is 28.1 Å². The number of nitrogens with zero attached hydrogens (tertiary/aromatic N) is 3. The van der Waals surface area contributed by atoms with Gasteiger partial charge in [0, 0.05) is 12.7 Å². The molecular weight excluding hydrogens is 176 g/mol. The normalized spacial score (nSPS) is 23.2. The highest BCUT2D eigenvalue weighted by Crippen LogP contribution is 2.13. The number of aromatic nitrogens is 3. The number of nitrogens with one attached hydrogen (secondary N) is 1. The van der Waals surface area contributed by atoms with Crippen LogP contribution >= 0.6 is 12.4 Å². The van der Waals surface area contributed by atoms with Gasteiger partial charge in [-0.05, 0) is 19.4 Å². The molecule has 1 N–H and O–H groups in total. The van der Waals surface area contributed by atoms with Crippen molar-refractivity contribution in [3.8, 4) is 0 Å². The Bertz CT molecular complexity index is 205. The average molecular weight is 189 g/mol. The van der Waals surface area contributed by atoms with Crippen molar-refractivity contribution < 1.29 is 0 Å². The summed E-state index contributed by atoms with van der Waals surface area (Å²) in [5.41, 5.74) is 0. The summed E-state index contributed by atoms with van der Waals surface area (Å²) in [6.45, 7) is 2.18. The predicted molar refractivity (Wildman–Crippen MR) is 48.4 cm³/mol. The lowest BCUT2D eigenvalue weighted by Crippen LogP contribution is -2.31. The molecule has 0 aromatic carbocycles. The van der Waals surface area contributed by atoms with Crippen LogP contribution in [-0.2, 0) is 0 Å².